The van der Waals surface area contributed by atoms with Crippen molar-refractivity contribution in [3.05, 3.63) is 0 Å². The van der Waals surface area contributed by atoms with Crippen LogP contribution in [0.15, 0.2) is 0 Å². The average molecular weight is 157 g/mol. The van der Waals surface area contributed by atoms with Crippen molar-refractivity contribution in [1.29, 1.82) is 0 Å². The number of aliphatic hydroxyl groups is 1. The predicted molar refractivity (Wildman–Crippen MR) is 42.1 cm³/mol. The molecule has 0 bridgehead atoms. The minimum absolute atomic E-state index is 0.413. The molecule has 0 aromatic rings. The Labute approximate surface area is 66.8 Å². The third-order valence-corrected chi connectivity index (χ3v) is 2.30. The van der Waals surface area contributed by atoms with Gasteiger partial charge in [0.25, 0.3) is 0 Å². The maximum absolute atomic E-state index is 9.97. The molecule has 0 aromatic carbocycles. The second-order valence-corrected chi connectivity index (χ2v) is 3.28. The van der Waals surface area contributed by atoms with E-state index in [0.29, 0.717) is 13.0 Å². The fraction of sp³-hybridized carbons (Fsp3) is 0.875. The lowest BCUT2D eigenvalue weighted by molar-refractivity contribution is -0.111. The first-order valence-corrected chi connectivity index (χ1v) is 4.16. The van der Waals surface area contributed by atoms with E-state index in [1.54, 1.807) is 0 Å². The summed E-state index contributed by atoms with van der Waals surface area (Å²) in [5.41, 5.74) is -0.612. The van der Waals surface area contributed by atoms with Crippen molar-refractivity contribution in [2.45, 2.75) is 37.7 Å². The zero-order chi connectivity index (χ0) is 8.16. The largest absolute Gasteiger partial charge is 0.388 e. The van der Waals surface area contributed by atoms with Crippen LogP contribution in [0.3, 0.4) is 0 Å². The molecule has 1 saturated carbocycles. The highest BCUT2D eigenvalue weighted by molar-refractivity contribution is 5.46. The lowest BCUT2D eigenvalue weighted by Crippen LogP contribution is -2.41. The lowest BCUT2D eigenvalue weighted by Gasteiger charge is -2.31. The third kappa shape index (κ3) is 2.50. The van der Waals surface area contributed by atoms with E-state index < -0.39 is 5.60 Å². The summed E-state index contributed by atoms with van der Waals surface area (Å²) in [6.07, 6.45) is 5.67. The van der Waals surface area contributed by atoms with Crippen LogP contribution in [0.2, 0.25) is 0 Å². The summed E-state index contributed by atoms with van der Waals surface area (Å²) in [6, 6.07) is 0. The Morgan fingerprint density at radius 2 is 2.00 bits per heavy atom. The van der Waals surface area contributed by atoms with Gasteiger partial charge >= 0.3 is 0 Å². The van der Waals surface area contributed by atoms with Gasteiger partial charge in [-0.1, -0.05) is 19.3 Å². The highest BCUT2D eigenvalue weighted by atomic mass is 16.3. The quantitative estimate of drug-likeness (QED) is 0.583. The summed E-state index contributed by atoms with van der Waals surface area (Å²) in [4.78, 5) is 9.97. The van der Waals surface area contributed by atoms with Crippen molar-refractivity contribution >= 4 is 6.41 Å². The Kier molecular flexibility index (Phi) is 2.88. The van der Waals surface area contributed by atoms with E-state index in [1.807, 2.05) is 0 Å². The normalized spacial score (nSPS) is 22.6. The lowest BCUT2D eigenvalue weighted by atomic mass is 9.85. The number of hydrogen-bond donors (Lipinski definition) is 2. The predicted octanol–water partition coefficient (Wildman–Crippen LogP) is 0.428. The van der Waals surface area contributed by atoms with E-state index in [0.717, 1.165) is 25.7 Å². The first kappa shape index (κ1) is 8.53. The van der Waals surface area contributed by atoms with Gasteiger partial charge in [-0.05, 0) is 12.8 Å². The number of hydrogen-bond acceptors (Lipinski definition) is 2. The topological polar surface area (TPSA) is 49.3 Å². The summed E-state index contributed by atoms with van der Waals surface area (Å²) < 4.78 is 0. The van der Waals surface area contributed by atoms with Gasteiger partial charge in [-0.15, -0.1) is 0 Å². The van der Waals surface area contributed by atoms with E-state index in [2.05, 4.69) is 5.32 Å². The van der Waals surface area contributed by atoms with Crippen molar-refractivity contribution in [3.8, 4) is 0 Å². The Morgan fingerprint density at radius 3 is 2.55 bits per heavy atom. The molecule has 0 aromatic heterocycles. The fourth-order valence-corrected chi connectivity index (χ4v) is 1.62. The molecule has 0 radical (unpaired) electrons. The van der Waals surface area contributed by atoms with Crippen LogP contribution in [0, 0.1) is 0 Å². The zero-order valence-electron chi connectivity index (χ0n) is 6.68. The molecular formula is C8H15NO2. The van der Waals surface area contributed by atoms with E-state index in [9.17, 15) is 9.90 Å². The highest BCUT2D eigenvalue weighted by Crippen LogP contribution is 2.26. The van der Waals surface area contributed by atoms with Crippen LogP contribution in [0.4, 0.5) is 0 Å². The molecule has 0 atom stereocenters. The summed E-state index contributed by atoms with van der Waals surface area (Å²) in [5.74, 6) is 0. The molecular weight excluding hydrogens is 142 g/mol. The van der Waals surface area contributed by atoms with E-state index >= 15 is 0 Å². The molecule has 11 heavy (non-hydrogen) atoms. The molecule has 0 heterocycles. The van der Waals surface area contributed by atoms with Crippen molar-refractivity contribution in [3.63, 3.8) is 0 Å². The number of rotatable bonds is 3. The third-order valence-electron chi connectivity index (χ3n) is 2.30. The van der Waals surface area contributed by atoms with E-state index in [4.69, 9.17) is 0 Å². The van der Waals surface area contributed by atoms with Gasteiger partial charge in [0.1, 0.15) is 0 Å². The molecule has 1 aliphatic carbocycles. The van der Waals surface area contributed by atoms with Crippen LogP contribution in [0.1, 0.15) is 32.1 Å². The molecule has 0 aliphatic heterocycles. The summed E-state index contributed by atoms with van der Waals surface area (Å²) in [5, 5.41) is 12.3. The minimum Gasteiger partial charge on any atom is -0.388 e. The number of nitrogens with one attached hydrogen (secondary N) is 1. The zero-order valence-corrected chi connectivity index (χ0v) is 6.68. The van der Waals surface area contributed by atoms with Crippen molar-refractivity contribution in [2.75, 3.05) is 6.54 Å². The monoisotopic (exact) mass is 157 g/mol. The van der Waals surface area contributed by atoms with Gasteiger partial charge < -0.3 is 10.4 Å². The molecule has 0 spiro atoms. The smallest absolute Gasteiger partial charge is 0.207 e. The Hall–Kier alpha value is -0.570. The van der Waals surface area contributed by atoms with Gasteiger partial charge in [-0.25, -0.2) is 0 Å². The van der Waals surface area contributed by atoms with Crippen LogP contribution < -0.4 is 5.32 Å². The van der Waals surface area contributed by atoms with Crippen molar-refractivity contribution in [2.24, 2.45) is 0 Å². The summed E-state index contributed by atoms with van der Waals surface area (Å²) >= 11 is 0. The van der Waals surface area contributed by atoms with Gasteiger partial charge in [-0.3, -0.25) is 4.79 Å². The second kappa shape index (κ2) is 3.72. The molecule has 1 amide bonds. The van der Waals surface area contributed by atoms with Gasteiger partial charge in [-0.2, -0.15) is 0 Å². The van der Waals surface area contributed by atoms with E-state index in [1.165, 1.54) is 6.42 Å². The fourth-order valence-electron chi connectivity index (χ4n) is 1.62. The van der Waals surface area contributed by atoms with Crippen LogP contribution in [-0.2, 0) is 4.79 Å². The van der Waals surface area contributed by atoms with Crippen molar-refractivity contribution in [1.82, 2.24) is 5.32 Å². The number of carbonyl (C=O) groups excluding carboxylic acids is 1. The molecule has 1 aliphatic rings. The maximum Gasteiger partial charge on any atom is 0.207 e. The first-order valence-electron chi connectivity index (χ1n) is 4.16. The van der Waals surface area contributed by atoms with Gasteiger partial charge in [0.2, 0.25) is 6.41 Å². The Bertz CT molecular complexity index is 130. The van der Waals surface area contributed by atoms with Gasteiger partial charge in [0.15, 0.2) is 0 Å². The van der Waals surface area contributed by atoms with E-state index in [-0.39, 0.29) is 0 Å². The molecule has 0 unspecified atom stereocenters. The SMILES string of the molecule is O=CNCC1(O)CCCCC1. The van der Waals surface area contributed by atoms with Crippen molar-refractivity contribution < 1.29 is 9.90 Å². The number of amides is 1. The first-order chi connectivity index (χ1) is 5.27. The molecule has 3 nitrogen and oxygen atoms in total. The minimum atomic E-state index is -0.612. The Morgan fingerprint density at radius 1 is 1.36 bits per heavy atom. The standard InChI is InChI=1S/C8H15NO2/c10-7-9-6-8(11)4-2-1-3-5-8/h7,11H,1-6H2,(H,9,10). The molecule has 1 rings (SSSR count). The van der Waals surface area contributed by atoms with Crippen LogP contribution in [-0.4, -0.2) is 23.7 Å². The van der Waals surface area contributed by atoms with Gasteiger partial charge in [0, 0.05) is 6.54 Å². The summed E-state index contributed by atoms with van der Waals surface area (Å²) in [6.45, 7) is 0.413. The number of carbonyl (C=O) groups is 1. The molecule has 64 valence electrons. The average Bonchev–Trinajstić information content (AvgIpc) is 2.03. The molecule has 2 N–H and O–H groups in total. The summed E-state index contributed by atoms with van der Waals surface area (Å²) in [7, 11) is 0. The molecule has 1 fully saturated rings. The molecule has 3 heteroatoms. The van der Waals surface area contributed by atoms with Crippen LogP contribution in [0.5, 0.6) is 0 Å². The second-order valence-electron chi connectivity index (χ2n) is 3.28. The van der Waals surface area contributed by atoms with Gasteiger partial charge in [0.05, 0.1) is 5.60 Å². The Balaban J connectivity index is 2.30. The van der Waals surface area contributed by atoms with Crippen LogP contribution in [0.25, 0.3) is 0 Å². The maximum atomic E-state index is 9.97. The highest BCUT2D eigenvalue weighted by Gasteiger charge is 2.28. The molecule has 0 saturated heterocycles. The van der Waals surface area contributed by atoms with Crippen LogP contribution >= 0.6 is 0 Å².